The van der Waals surface area contributed by atoms with Crippen molar-refractivity contribution < 1.29 is 31.1 Å². The van der Waals surface area contributed by atoms with Crippen LogP contribution in [0.5, 0.6) is 0 Å². The quantitative estimate of drug-likeness (QED) is 0.461. The van der Waals surface area contributed by atoms with Crippen molar-refractivity contribution in [3.63, 3.8) is 0 Å². The first kappa shape index (κ1) is 31.6. The van der Waals surface area contributed by atoms with Gasteiger partial charge in [0.05, 0.1) is 4.90 Å². The Morgan fingerprint density at radius 2 is 1.68 bits per heavy atom. The zero-order valence-corrected chi connectivity index (χ0v) is 21.8. The molecule has 9 heteroatoms. The molecule has 0 spiro atoms. The minimum Gasteiger partial charge on any atom is -0.372 e. The third-order valence-electron chi connectivity index (χ3n) is 4.56. The van der Waals surface area contributed by atoms with Gasteiger partial charge in [-0.15, -0.1) is 0 Å². The molecule has 0 bridgehead atoms. The van der Waals surface area contributed by atoms with E-state index >= 15 is 0 Å². The Morgan fingerprint density at radius 3 is 2.12 bits per heavy atom. The first-order valence-corrected chi connectivity index (χ1v) is 12.9. The van der Waals surface area contributed by atoms with E-state index in [4.69, 9.17) is 0 Å². The number of aryl methyl sites for hydroxylation is 1. The molecule has 192 valence electrons. The van der Waals surface area contributed by atoms with Crippen LogP contribution in [0, 0.1) is 6.92 Å². The number of nitrogens with zero attached hydrogens (tertiary/aromatic N) is 1. The van der Waals surface area contributed by atoms with Crippen LogP contribution in [0.2, 0.25) is 0 Å². The van der Waals surface area contributed by atoms with Crippen molar-refractivity contribution in [2.24, 2.45) is 0 Å². The number of ether oxygens (including phenoxy) is 1. The summed E-state index contributed by atoms with van der Waals surface area (Å²) in [6, 6.07) is 14.3. The number of benzene rings is 2. The van der Waals surface area contributed by atoms with E-state index in [0.717, 1.165) is 37.8 Å². The predicted octanol–water partition coefficient (Wildman–Crippen LogP) is 6.06. The van der Waals surface area contributed by atoms with E-state index in [0.29, 0.717) is 18.7 Å². The minimum absolute atomic E-state index is 0.149. The second-order valence-corrected chi connectivity index (χ2v) is 9.45. The lowest BCUT2D eigenvalue weighted by Crippen LogP contribution is -2.31. The topological polar surface area (TPSA) is 63.7 Å². The molecule has 2 aromatic rings. The second-order valence-electron chi connectivity index (χ2n) is 7.44. The van der Waals surface area contributed by atoms with Crippen LogP contribution < -0.4 is 0 Å². The van der Waals surface area contributed by atoms with Crippen LogP contribution in [0.3, 0.4) is 0 Å². The van der Waals surface area contributed by atoms with Crippen molar-refractivity contribution in [1.82, 2.24) is 4.90 Å². The fourth-order valence-corrected chi connectivity index (χ4v) is 3.40. The monoisotopic (exact) mass is 503 g/mol. The third kappa shape index (κ3) is 11.2. The molecule has 0 aromatic heterocycles. The van der Waals surface area contributed by atoms with Gasteiger partial charge in [-0.25, -0.2) is 8.42 Å². The smallest absolute Gasteiger partial charge is 0.372 e. The number of halogens is 3. The summed E-state index contributed by atoms with van der Waals surface area (Å²) in [6.07, 6.45) is -3.88. The van der Waals surface area contributed by atoms with Crippen LogP contribution in [0.15, 0.2) is 53.4 Å². The van der Waals surface area contributed by atoms with Crippen LogP contribution in [-0.4, -0.2) is 51.4 Å². The lowest BCUT2D eigenvalue weighted by Gasteiger charge is -2.23. The number of methoxy groups -OCH3 is 1. The molecule has 0 saturated heterocycles. The van der Waals surface area contributed by atoms with Crippen LogP contribution in [0.4, 0.5) is 13.2 Å². The Hall–Kier alpha value is -2.39. The zero-order chi connectivity index (χ0) is 26.5. The molecule has 0 aliphatic rings. The maximum atomic E-state index is 12.8. The second kappa shape index (κ2) is 14.8. The molecular weight excluding hydrogens is 467 g/mol. The number of carbonyl (C=O) groups excluding carboxylic acids is 1. The van der Waals surface area contributed by atoms with Gasteiger partial charge in [0.15, 0.2) is 9.84 Å². The molecule has 0 radical (unpaired) electrons. The summed E-state index contributed by atoms with van der Waals surface area (Å²) < 4.78 is 61.4. The van der Waals surface area contributed by atoms with Gasteiger partial charge in [0, 0.05) is 32.0 Å². The number of amides is 1. The number of hydrogen-bond donors (Lipinski definition) is 0. The van der Waals surface area contributed by atoms with Crippen molar-refractivity contribution in [3.05, 3.63) is 65.2 Å². The summed E-state index contributed by atoms with van der Waals surface area (Å²) in [5, 5.41) is 0. The molecule has 0 aliphatic carbocycles. The molecular formula is C25H36F3NO4S. The number of hydrogen-bond acceptors (Lipinski definition) is 4. The Bertz CT molecular complexity index is 992. The lowest BCUT2D eigenvalue weighted by molar-refractivity contribution is -0.206. The van der Waals surface area contributed by atoms with Gasteiger partial charge in [0.2, 0.25) is 0 Å². The fraction of sp³-hybridized carbons (Fsp3) is 0.480. The molecule has 0 saturated carbocycles. The summed E-state index contributed by atoms with van der Waals surface area (Å²) in [5.41, 5.74) is 2.62. The molecule has 0 fully saturated rings. The predicted molar refractivity (Wildman–Crippen MR) is 130 cm³/mol. The Balaban J connectivity index is 0.000000924. The lowest BCUT2D eigenvalue weighted by atomic mass is 10.1. The third-order valence-corrected chi connectivity index (χ3v) is 5.67. The van der Waals surface area contributed by atoms with Gasteiger partial charge in [-0.2, -0.15) is 13.2 Å². The highest BCUT2D eigenvalue weighted by molar-refractivity contribution is 7.90. The van der Waals surface area contributed by atoms with Gasteiger partial charge < -0.3 is 9.64 Å². The van der Waals surface area contributed by atoms with Gasteiger partial charge in [-0.1, -0.05) is 56.7 Å². The minimum atomic E-state index is -4.21. The van der Waals surface area contributed by atoms with Crippen LogP contribution in [0.25, 0.3) is 0 Å². The van der Waals surface area contributed by atoms with E-state index in [9.17, 15) is 26.4 Å². The highest BCUT2D eigenvalue weighted by Gasteiger charge is 2.35. The standard InChI is InChI=1S/C19H23NO3S.C4H7F3O.C2H6/c1-4-11-20(14-16-8-5-7-15(2)12-16)19(21)17-9-6-10-18(13-17)24(3,22)23;1-3(8-2)4(5,6)7;1-2/h5-10,12-13H,4,11,14H2,1-3H3;3H,1-2H3;1-2H3. The van der Waals surface area contributed by atoms with Gasteiger partial charge >= 0.3 is 6.18 Å². The van der Waals surface area contributed by atoms with Crippen LogP contribution >= 0.6 is 0 Å². The average molecular weight is 504 g/mol. The number of rotatable bonds is 7. The van der Waals surface area contributed by atoms with Gasteiger partial charge in [-0.3, -0.25) is 4.79 Å². The molecule has 1 amide bonds. The molecule has 34 heavy (non-hydrogen) atoms. The number of carbonyl (C=O) groups is 1. The molecule has 2 rings (SSSR count). The fourth-order valence-electron chi connectivity index (χ4n) is 2.73. The van der Waals surface area contributed by atoms with E-state index in [1.165, 1.54) is 12.1 Å². The van der Waals surface area contributed by atoms with E-state index in [1.807, 2.05) is 45.9 Å². The van der Waals surface area contributed by atoms with E-state index < -0.39 is 22.1 Å². The summed E-state index contributed by atoms with van der Waals surface area (Å²) in [6.45, 7) is 10.1. The van der Waals surface area contributed by atoms with Crippen LogP contribution in [-0.2, 0) is 21.1 Å². The van der Waals surface area contributed by atoms with E-state index in [1.54, 1.807) is 17.0 Å². The summed E-state index contributed by atoms with van der Waals surface area (Å²) in [5.74, 6) is -0.149. The van der Waals surface area contributed by atoms with Crippen molar-refractivity contribution in [3.8, 4) is 0 Å². The summed E-state index contributed by atoms with van der Waals surface area (Å²) in [4.78, 5) is 14.8. The first-order valence-electron chi connectivity index (χ1n) is 11.0. The van der Waals surface area contributed by atoms with E-state index in [-0.39, 0.29) is 10.8 Å². The van der Waals surface area contributed by atoms with Gasteiger partial charge in [0.1, 0.15) is 6.10 Å². The Kier molecular flexibility index (Phi) is 13.7. The molecule has 1 unspecified atom stereocenters. The maximum Gasteiger partial charge on any atom is 0.414 e. The summed E-state index contributed by atoms with van der Waals surface area (Å²) in [7, 11) is -2.31. The SMILES string of the molecule is CC.CCCN(Cc1cccc(C)c1)C(=O)c1cccc(S(C)(=O)=O)c1.COC(C)C(F)(F)F. The highest BCUT2D eigenvalue weighted by Crippen LogP contribution is 2.21. The van der Waals surface area contributed by atoms with E-state index in [2.05, 4.69) is 10.8 Å². The first-order chi connectivity index (χ1) is 15.8. The molecule has 1 atom stereocenters. The van der Waals surface area contributed by atoms with Crippen molar-refractivity contribution in [2.45, 2.75) is 64.8 Å². The summed E-state index contributed by atoms with van der Waals surface area (Å²) >= 11 is 0. The zero-order valence-electron chi connectivity index (χ0n) is 20.9. The molecule has 2 aromatic carbocycles. The normalized spacial score (nSPS) is 11.9. The van der Waals surface area contributed by atoms with Crippen LogP contribution in [0.1, 0.15) is 55.6 Å². The molecule has 5 nitrogen and oxygen atoms in total. The maximum absolute atomic E-state index is 12.8. The number of alkyl halides is 3. The van der Waals surface area contributed by atoms with Crippen molar-refractivity contribution >= 4 is 15.7 Å². The van der Waals surface area contributed by atoms with Crippen molar-refractivity contribution in [1.29, 1.82) is 0 Å². The van der Waals surface area contributed by atoms with Crippen molar-refractivity contribution in [2.75, 3.05) is 19.9 Å². The Morgan fingerprint density at radius 1 is 1.09 bits per heavy atom. The van der Waals surface area contributed by atoms with Gasteiger partial charge in [-0.05, 0) is 44.0 Å². The molecule has 0 N–H and O–H groups in total. The highest BCUT2D eigenvalue weighted by atomic mass is 32.2. The molecule has 0 aliphatic heterocycles. The average Bonchev–Trinajstić information content (AvgIpc) is 2.78. The Labute approximate surface area is 201 Å². The van der Waals surface area contributed by atoms with Gasteiger partial charge in [0.25, 0.3) is 5.91 Å². The molecule has 0 heterocycles. The largest absolute Gasteiger partial charge is 0.414 e. The number of sulfone groups is 1.